The molecule has 0 N–H and O–H groups in total. The van der Waals surface area contributed by atoms with Crippen molar-refractivity contribution >= 4 is 29.3 Å². The molecule has 1 aliphatic heterocycles. The largest absolute Gasteiger partial charge is 0.268 e. The summed E-state index contributed by atoms with van der Waals surface area (Å²) in [5.41, 5.74) is 1.62. The van der Waals surface area contributed by atoms with E-state index < -0.39 is 0 Å². The van der Waals surface area contributed by atoms with Gasteiger partial charge < -0.3 is 0 Å². The fraction of sp³-hybridized carbons (Fsp3) is 0.0667. The Kier molecular flexibility index (Phi) is 2.87. The molecule has 0 atom stereocenters. The van der Waals surface area contributed by atoms with E-state index in [4.69, 9.17) is 0 Å². The second-order valence-corrected chi connectivity index (χ2v) is 5.01. The Balaban J connectivity index is 2.15. The molecule has 0 radical (unpaired) electrons. The second-order valence-electron chi connectivity index (χ2n) is 4.16. The van der Waals surface area contributed by atoms with E-state index in [1.54, 1.807) is 18.2 Å². The van der Waals surface area contributed by atoms with Crippen molar-refractivity contribution in [2.75, 3.05) is 11.2 Å². The quantitative estimate of drug-likeness (QED) is 0.620. The van der Waals surface area contributed by atoms with Crippen molar-refractivity contribution in [3.05, 3.63) is 59.7 Å². The lowest BCUT2D eigenvalue weighted by Crippen LogP contribution is -2.29. The minimum Gasteiger partial charge on any atom is -0.268 e. The zero-order chi connectivity index (χ0) is 13.4. The summed E-state index contributed by atoms with van der Waals surface area (Å²) in [6.45, 7) is 0. The summed E-state index contributed by atoms with van der Waals surface area (Å²) in [6.07, 6.45) is 1.90. The third-order valence-corrected chi connectivity index (χ3v) is 3.89. The molecule has 0 aromatic heterocycles. The first-order valence-electron chi connectivity index (χ1n) is 5.85. The number of thioether (sulfide) groups is 1. The van der Waals surface area contributed by atoms with Crippen LogP contribution in [-0.2, 0) is 0 Å². The number of rotatable bonds is 2. The minimum absolute atomic E-state index is 0.240. The van der Waals surface area contributed by atoms with E-state index in [0.717, 1.165) is 4.90 Å². The Morgan fingerprint density at radius 1 is 0.895 bits per heavy atom. The number of anilines is 1. The highest BCUT2D eigenvalue weighted by molar-refractivity contribution is 7.98. The van der Waals surface area contributed by atoms with Crippen molar-refractivity contribution in [1.82, 2.24) is 0 Å². The van der Waals surface area contributed by atoms with Gasteiger partial charge in [-0.2, -0.15) is 0 Å². The lowest BCUT2D eigenvalue weighted by Gasteiger charge is -2.13. The number of carbonyl (C=O) groups excluding carboxylic acids is 2. The van der Waals surface area contributed by atoms with E-state index in [2.05, 4.69) is 0 Å². The van der Waals surface area contributed by atoms with Gasteiger partial charge >= 0.3 is 0 Å². The van der Waals surface area contributed by atoms with E-state index in [1.807, 2.05) is 36.6 Å². The standard InChI is InChI=1S/C15H11NO2S/c1-19-12-9-5-8-11-13(12)15(18)16(14(11)17)10-6-3-2-4-7-10/h2-9H,1H3. The summed E-state index contributed by atoms with van der Waals surface area (Å²) in [4.78, 5) is 26.9. The number of benzene rings is 2. The highest BCUT2D eigenvalue weighted by atomic mass is 32.2. The molecule has 0 saturated carbocycles. The first kappa shape index (κ1) is 12.0. The Hall–Kier alpha value is -2.07. The molecule has 2 amide bonds. The molecule has 0 spiro atoms. The van der Waals surface area contributed by atoms with Crippen LogP contribution in [0.1, 0.15) is 20.7 Å². The molecule has 1 aliphatic rings. The van der Waals surface area contributed by atoms with Gasteiger partial charge in [-0.3, -0.25) is 9.59 Å². The number of amides is 2. The first-order chi connectivity index (χ1) is 9.24. The van der Waals surface area contributed by atoms with Crippen molar-refractivity contribution in [2.45, 2.75) is 4.90 Å². The Morgan fingerprint density at radius 3 is 2.32 bits per heavy atom. The fourth-order valence-corrected chi connectivity index (χ4v) is 2.85. The van der Waals surface area contributed by atoms with Gasteiger partial charge in [-0.15, -0.1) is 11.8 Å². The lowest BCUT2D eigenvalue weighted by molar-refractivity contribution is 0.0925. The van der Waals surface area contributed by atoms with Gasteiger partial charge in [-0.05, 0) is 30.5 Å². The second kappa shape index (κ2) is 4.55. The van der Waals surface area contributed by atoms with Crippen LogP contribution >= 0.6 is 11.8 Å². The molecule has 0 aliphatic carbocycles. The molecule has 0 saturated heterocycles. The van der Waals surface area contributed by atoms with Crippen molar-refractivity contribution in [3.63, 3.8) is 0 Å². The van der Waals surface area contributed by atoms with Crippen LogP contribution in [-0.4, -0.2) is 18.1 Å². The Morgan fingerprint density at radius 2 is 1.63 bits per heavy atom. The summed E-state index contributed by atoms with van der Waals surface area (Å²) >= 11 is 1.48. The Bertz CT molecular complexity index is 667. The van der Waals surface area contributed by atoms with Crippen molar-refractivity contribution in [3.8, 4) is 0 Å². The molecule has 3 rings (SSSR count). The summed E-state index contributed by atoms with van der Waals surface area (Å²) in [6, 6.07) is 14.4. The predicted molar refractivity (Wildman–Crippen MR) is 75.8 cm³/mol. The van der Waals surface area contributed by atoms with Crippen LogP contribution < -0.4 is 4.90 Å². The maximum atomic E-state index is 12.5. The monoisotopic (exact) mass is 269 g/mol. The molecule has 19 heavy (non-hydrogen) atoms. The number of para-hydroxylation sites is 1. The molecule has 2 aromatic rings. The average Bonchev–Trinajstić information content (AvgIpc) is 2.72. The number of nitrogens with zero attached hydrogens (tertiary/aromatic N) is 1. The third-order valence-electron chi connectivity index (χ3n) is 3.11. The molecule has 0 unspecified atom stereocenters. The molecule has 0 bridgehead atoms. The number of carbonyl (C=O) groups is 2. The van der Waals surface area contributed by atoms with Crippen LogP contribution in [0.5, 0.6) is 0 Å². The van der Waals surface area contributed by atoms with Gasteiger partial charge in [0.15, 0.2) is 0 Å². The average molecular weight is 269 g/mol. The molecule has 2 aromatic carbocycles. The maximum Gasteiger partial charge on any atom is 0.267 e. The first-order valence-corrected chi connectivity index (χ1v) is 7.07. The van der Waals surface area contributed by atoms with E-state index in [0.29, 0.717) is 16.8 Å². The molecular formula is C15H11NO2S. The van der Waals surface area contributed by atoms with Gasteiger partial charge in [-0.1, -0.05) is 24.3 Å². The number of hydrogen-bond donors (Lipinski definition) is 0. The van der Waals surface area contributed by atoms with Gasteiger partial charge in [0.1, 0.15) is 0 Å². The van der Waals surface area contributed by atoms with E-state index in [9.17, 15) is 9.59 Å². The zero-order valence-electron chi connectivity index (χ0n) is 10.3. The normalized spacial score (nSPS) is 13.8. The highest BCUT2D eigenvalue weighted by Gasteiger charge is 2.38. The van der Waals surface area contributed by atoms with Crippen molar-refractivity contribution in [1.29, 1.82) is 0 Å². The number of imide groups is 1. The van der Waals surface area contributed by atoms with Gasteiger partial charge in [-0.25, -0.2) is 4.90 Å². The molecule has 94 valence electrons. The number of fused-ring (bicyclic) bond motifs is 1. The number of hydrogen-bond acceptors (Lipinski definition) is 3. The maximum absolute atomic E-state index is 12.5. The van der Waals surface area contributed by atoms with Gasteiger partial charge in [0.2, 0.25) is 0 Å². The predicted octanol–water partition coefficient (Wildman–Crippen LogP) is 3.21. The highest BCUT2D eigenvalue weighted by Crippen LogP contribution is 2.33. The minimum atomic E-state index is -0.248. The summed E-state index contributed by atoms with van der Waals surface area (Å²) < 4.78 is 0. The fourth-order valence-electron chi connectivity index (χ4n) is 2.24. The van der Waals surface area contributed by atoms with Crippen LogP contribution in [0.4, 0.5) is 5.69 Å². The van der Waals surface area contributed by atoms with E-state index >= 15 is 0 Å². The summed E-state index contributed by atoms with van der Waals surface area (Å²) in [7, 11) is 0. The van der Waals surface area contributed by atoms with Gasteiger partial charge in [0.25, 0.3) is 11.8 Å². The topological polar surface area (TPSA) is 37.4 Å². The molecule has 4 heteroatoms. The molecular weight excluding hydrogens is 258 g/mol. The SMILES string of the molecule is CSc1cccc2c1C(=O)N(c1ccccc1)C2=O. The van der Waals surface area contributed by atoms with Gasteiger partial charge in [0.05, 0.1) is 16.8 Å². The smallest absolute Gasteiger partial charge is 0.267 e. The van der Waals surface area contributed by atoms with Crippen molar-refractivity contribution < 1.29 is 9.59 Å². The lowest BCUT2D eigenvalue weighted by atomic mass is 10.1. The molecule has 3 nitrogen and oxygen atoms in total. The van der Waals surface area contributed by atoms with E-state index in [-0.39, 0.29) is 11.8 Å². The molecule has 0 fully saturated rings. The van der Waals surface area contributed by atoms with E-state index in [1.165, 1.54) is 16.7 Å². The van der Waals surface area contributed by atoms with Crippen LogP contribution in [0.15, 0.2) is 53.4 Å². The zero-order valence-corrected chi connectivity index (χ0v) is 11.1. The summed E-state index contributed by atoms with van der Waals surface area (Å²) in [5, 5.41) is 0. The third kappa shape index (κ3) is 1.76. The van der Waals surface area contributed by atoms with Gasteiger partial charge in [0, 0.05) is 4.90 Å². The van der Waals surface area contributed by atoms with Crippen LogP contribution in [0, 0.1) is 0 Å². The summed E-state index contributed by atoms with van der Waals surface area (Å²) in [5.74, 6) is -0.488. The van der Waals surface area contributed by atoms with Crippen molar-refractivity contribution in [2.24, 2.45) is 0 Å². The molecule has 1 heterocycles. The van der Waals surface area contributed by atoms with Crippen LogP contribution in [0.2, 0.25) is 0 Å². The Labute approximate surface area is 115 Å². The van der Waals surface area contributed by atoms with Crippen LogP contribution in [0.25, 0.3) is 0 Å². The van der Waals surface area contributed by atoms with Crippen LogP contribution in [0.3, 0.4) is 0 Å².